The molecule has 0 aliphatic carbocycles. The van der Waals surface area contributed by atoms with Crippen LogP contribution in [0.15, 0.2) is 79.4 Å². The van der Waals surface area contributed by atoms with Crippen LogP contribution < -0.4 is 4.57 Å². The molecular weight excluding hydrogens is 581 g/mol. The SMILES string of the molecule is CCCCCCCCCCCCCCCCC(n1cc[n+](CCCCCCCCCCC)c1)C(C)(Cc1ccccc1)c1ccccc1. The van der Waals surface area contributed by atoms with Crippen molar-refractivity contribution in [1.82, 2.24) is 4.57 Å². The Kier molecular flexibility index (Phi) is 21.4. The van der Waals surface area contributed by atoms with Crippen molar-refractivity contribution in [2.45, 2.75) is 199 Å². The summed E-state index contributed by atoms with van der Waals surface area (Å²) in [5.74, 6) is 0. The van der Waals surface area contributed by atoms with Gasteiger partial charge in [0.05, 0.1) is 6.54 Å². The molecule has 0 saturated carbocycles. The van der Waals surface area contributed by atoms with Crippen LogP contribution in [0.5, 0.6) is 0 Å². The number of aryl methyl sites for hydroxylation is 1. The quantitative estimate of drug-likeness (QED) is 0.0499. The molecule has 0 aliphatic rings. The molecule has 2 heteroatoms. The molecule has 0 fully saturated rings. The van der Waals surface area contributed by atoms with E-state index in [-0.39, 0.29) is 5.41 Å². The van der Waals surface area contributed by atoms with Crippen LogP contribution in [-0.2, 0) is 18.4 Å². The molecule has 1 aromatic heterocycles. The molecule has 0 bridgehead atoms. The predicted molar refractivity (Wildman–Crippen MR) is 210 cm³/mol. The third-order valence-corrected chi connectivity index (χ3v) is 11.0. The number of hydrogen-bond acceptors (Lipinski definition) is 0. The number of benzene rings is 2. The minimum atomic E-state index is 0.00772. The lowest BCUT2D eigenvalue weighted by Gasteiger charge is -2.37. The smallest absolute Gasteiger partial charge is 0.237 e. The molecular formula is C46H75N2+. The lowest BCUT2D eigenvalue weighted by Crippen LogP contribution is -2.38. The van der Waals surface area contributed by atoms with Crippen molar-refractivity contribution in [3.63, 3.8) is 0 Å². The van der Waals surface area contributed by atoms with Gasteiger partial charge in [0.1, 0.15) is 18.4 Å². The maximum Gasteiger partial charge on any atom is 0.244 e. The topological polar surface area (TPSA) is 8.81 Å². The van der Waals surface area contributed by atoms with Crippen molar-refractivity contribution >= 4 is 0 Å². The Balaban J connectivity index is 1.55. The summed E-state index contributed by atoms with van der Waals surface area (Å²) < 4.78 is 5.05. The average Bonchev–Trinajstić information content (AvgIpc) is 3.58. The van der Waals surface area contributed by atoms with Crippen molar-refractivity contribution in [3.8, 4) is 0 Å². The summed E-state index contributed by atoms with van der Waals surface area (Å²) in [6, 6.07) is 23.0. The van der Waals surface area contributed by atoms with E-state index in [2.05, 4.69) is 109 Å². The Morgan fingerprint density at radius 1 is 0.542 bits per heavy atom. The molecule has 0 aliphatic heterocycles. The van der Waals surface area contributed by atoms with Gasteiger partial charge in [-0.05, 0) is 43.2 Å². The van der Waals surface area contributed by atoms with Crippen LogP contribution in [0.1, 0.15) is 192 Å². The number of imidazole rings is 1. The molecule has 0 spiro atoms. The average molecular weight is 656 g/mol. The van der Waals surface area contributed by atoms with E-state index in [0.717, 1.165) is 13.0 Å². The fourth-order valence-corrected chi connectivity index (χ4v) is 7.91. The second kappa shape index (κ2) is 25.6. The first-order valence-corrected chi connectivity index (χ1v) is 20.8. The van der Waals surface area contributed by atoms with E-state index in [1.807, 2.05) is 0 Å². The third kappa shape index (κ3) is 15.9. The van der Waals surface area contributed by atoms with Gasteiger partial charge in [0, 0.05) is 5.41 Å². The van der Waals surface area contributed by atoms with Gasteiger partial charge in [0.15, 0.2) is 0 Å². The van der Waals surface area contributed by atoms with Gasteiger partial charge in [-0.3, -0.25) is 0 Å². The molecule has 0 saturated heterocycles. The fraction of sp³-hybridized carbons (Fsp3) is 0.674. The van der Waals surface area contributed by atoms with Crippen LogP contribution >= 0.6 is 0 Å². The lowest BCUT2D eigenvalue weighted by atomic mass is 9.70. The normalized spacial score (nSPS) is 13.5. The van der Waals surface area contributed by atoms with Gasteiger partial charge in [-0.25, -0.2) is 9.13 Å². The molecule has 268 valence electrons. The molecule has 3 rings (SSSR count). The van der Waals surface area contributed by atoms with Crippen LogP contribution in [0.3, 0.4) is 0 Å². The maximum atomic E-state index is 2.59. The van der Waals surface area contributed by atoms with E-state index in [0.29, 0.717) is 6.04 Å². The van der Waals surface area contributed by atoms with Gasteiger partial charge in [-0.2, -0.15) is 0 Å². The lowest BCUT2D eigenvalue weighted by molar-refractivity contribution is -0.697. The van der Waals surface area contributed by atoms with Crippen molar-refractivity contribution in [3.05, 3.63) is 90.5 Å². The monoisotopic (exact) mass is 656 g/mol. The minimum absolute atomic E-state index is 0.00772. The van der Waals surface area contributed by atoms with Gasteiger partial charge in [-0.1, -0.05) is 210 Å². The van der Waals surface area contributed by atoms with Gasteiger partial charge in [0.2, 0.25) is 6.33 Å². The zero-order valence-electron chi connectivity index (χ0n) is 31.9. The minimum Gasteiger partial charge on any atom is -0.237 e. The highest BCUT2D eigenvalue weighted by molar-refractivity contribution is 5.30. The second-order valence-electron chi connectivity index (χ2n) is 15.3. The van der Waals surface area contributed by atoms with Gasteiger partial charge in [0.25, 0.3) is 0 Å². The van der Waals surface area contributed by atoms with E-state index in [4.69, 9.17) is 0 Å². The Bertz CT molecular complexity index is 1140. The molecule has 48 heavy (non-hydrogen) atoms. The molecule has 2 nitrogen and oxygen atoms in total. The van der Waals surface area contributed by atoms with Crippen molar-refractivity contribution < 1.29 is 4.57 Å². The predicted octanol–water partition coefficient (Wildman–Crippen LogP) is 13.9. The fourth-order valence-electron chi connectivity index (χ4n) is 7.91. The van der Waals surface area contributed by atoms with Crippen LogP contribution in [0.25, 0.3) is 0 Å². The summed E-state index contributed by atoms with van der Waals surface area (Å²) in [4.78, 5) is 0. The number of unbranched alkanes of at least 4 members (excludes halogenated alkanes) is 21. The first-order valence-electron chi connectivity index (χ1n) is 20.8. The number of hydrogen-bond donors (Lipinski definition) is 0. The highest BCUT2D eigenvalue weighted by Crippen LogP contribution is 2.41. The zero-order valence-corrected chi connectivity index (χ0v) is 31.9. The summed E-state index contributed by atoms with van der Waals surface area (Å²) in [6.45, 7) is 8.28. The van der Waals surface area contributed by atoms with Gasteiger partial charge < -0.3 is 0 Å². The highest BCUT2D eigenvalue weighted by atomic mass is 15.1. The first kappa shape index (κ1) is 40.1. The highest BCUT2D eigenvalue weighted by Gasteiger charge is 2.40. The van der Waals surface area contributed by atoms with Crippen molar-refractivity contribution in [1.29, 1.82) is 0 Å². The summed E-state index contributed by atoms with van der Waals surface area (Å²) in [6.07, 6.45) is 41.6. The largest absolute Gasteiger partial charge is 0.244 e. The first-order chi connectivity index (χ1) is 23.7. The molecule has 2 unspecified atom stereocenters. The molecule has 0 radical (unpaired) electrons. The van der Waals surface area contributed by atoms with Crippen LogP contribution in [0.2, 0.25) is 0 Å². The van der Waals surface area contributed by atoms with E-state index < -0.39 is 0 Å². The summed E-state index contributed by atoms with van der Waals surface area (Å²) in [5.41, 5.74) is 2.90. The van der Waals surface area contributed by atoms with Crippen molar-refractivity contribution in [2.24, 2.45) is 0 Å². The van der Waals surface area contributed by atoms with E-state index >= 15 is 0 Å². The van der Waals surface area contributed by atoms with E-state index in [9.17, 15) is 0 Å². The Morgan fingerprint density at radius 2 is 0.979 bits per heavy atom. The van der Waals surface area contributed by atoms with Gasteiger partial charge in [-0.15, -0.1) is 0 Å². The van der Waals surface area contributed by atoms with E-state index in [1.165, 1.54) is 165 Å². The molecule has 0 amide bonds. The van der Waals surface area contributed by atoms with Crippen LogP contribution in [0, 0.1) is 0 Å². The number of aromatic nitrogens is 2. The Labute approximate surface area is 298 Å². The zero-order chi connectivity index (χ0) is 34.0. The number of nitrogens with zero attached hydrogens (tertiary/aromatic N) is 2. The standard InChI is InChI=1S/C46H75N2/c1-4-6-8-10-12-14-15-16-17-18-19-21-23-31-37-45(46(3,44-35-29-26-30-36-44)41-43-33-27-25-28-34-43)48-40-39-47(42-48)38-32-24-22-20-13-11-9-7-5-2/h25-30,33-36,39-40,42,45H,4-24,31-32,37-38,41H2,1-3H3/q+1. The van der Waals surface area contributed by atoms with Crippen LogP contribution in [0.4, 0.5) is 0 Å². The molecule has 2 aromatic carbocycles. The Hall–Kier alpha value is -2.35. The molecule has 3 aromatic rings. The maximum absolute atomic E-state index is 2.59. The second-order valence-corrected chi connectivity index (χ2v) is 15.3. The summed E-state index contributed by atoms with van der Waals surface area (Å²) in [7, 11) is 0. The van der Waals surface area contributed by atoms with Crippen LogP contribution in [-0.4, -0.2) is 4.57 Å². The number of rotatable bonds is 30. The summed E-state index contributed by atoms with van der Waals surface area (Å²) in [5, 5.41) is 0. The van der Waals surface area contributed by atoms with E-state index in [1.54, 1.807) is 0 Å². The van der Waals surface area contributed by atoms with Crippen molar-refractivity contribution in [2.75, 3.05) is 0 Å². The molecule has 2 atom stereocenters. The third-order valence-electron chi connectivity index (χ3n) is 11.0. The van der Waals surface area contributed by atoms with Gasteiger partial charge >= 0.3 is 0 Å². The molecule has 0 N–H and O–H groups in total. The summed E-state index contributed by atoms with van der Waals surface area (Å²) >= 11 is 0. The Morgan fingerprint density at radius 3 is 1.48 bits per heavy atom. The molecule has 1 heterocycles.